The predicted octanol–water partition coefficient (Wildman–Crippen LogP) is 1.77. The molecule has 0 aromatic carbocycles. The van der Waals surface area contributed by atoms with Crippen molar-refractivity contribution >= 4 is 11.9 Å². The molecule has 0 unspecified atom stereocenters. The molecule has 2 aliphatic rings. The Bertz CT molecular complexity index is 372. The fourth-order valence-electron chi connectivity index (χ4n) is 2.76. The van der Waals surface area contributed by atoms with Crippen LogP contribution in [0.25, 0.3) is 0 Å². The molecule has 2 rings (SSSR count). The van der Waals surface area contributed by atoms with Crippen molar-refractivity contribution in [3.63, 3.8) is 0 Å². The van der Waals surface area contributed by atoms with Gasteiger partial charge in [0.25, 0.3) is 0 Å². The lowest BCUT2D eigenvalue weighted by atomic mass is 9.74. The SMILES string of the molecule is C=CC[C@H]1C=C[C@H](CC(=O)O)[C@@H]2CC(=O)O[C@@H]21. The molecule has 92 valence electrons. The van der Waals surface area contributed by atoms with E-state index in [1.54, 1.807) is 6.08 Å². The van der Waals surface area contributed by atoms with Gasteiger partial charge in [0.15, 0.2) is 0 Å². The number of carboxylic acids is 1. The van der Waals surface area contributed by atoms with Gasteiger partial charge in [0.2, 0.25) is 0 Å². The summed E-state index contributed by atoms with van der Waals surface area (Å²) in [5.74, 6) is -0.986. The van der Waals surface area contributed by atoms with E-state index in [-0.39, 0.29) is 36.2 Å². The van der Waals surface area contributed by atoms with Crippen molar-refractivity contribution in [3.05, 3.63) is 24.8 Å². The number of allylic oxidation sites excluding steroid dienone is 2. The molecule has 0 spiro atoms. The molecule has 0 amide bonds. The lowest BCUT2D eigenvalue weighted by Gasteiger charge is -2.32. The minimum absolute atomic E-state index is 0.00792. The Labute approximate surface area is 100.0 Å². The molecule has 1 aliphatic carbocycles. The Morgan fingerprint density at radius 1 is 1.53 bits per heavy atom. The number of aliphatic carboxylic acids is 1. The van der Waals surface area contributed by atoms with Crippen LogP contribution in [0.3, 0.4) is 0 Å². The molecule has 0 aromatic rings. The lowest BCUT2D eigenvalue weighted by Crippen LogP contribution is -2.34. The highest BCUT2D eigenvalue weighted by molar-refractivity contribution is 5.73. The van der Waals surface area contributed by atoms with E-state index in [1.807, 2.05) is 12.2 Å². The summed E-state index contributed by atoms with van der Waals surface area (Å²) in [6.45, 7) is 3.69. The van der Waals surface area contributed by atoms with Gasteiger partial charge >= 0.3 is 11.9 Å². The largest absolute Gasteiger partial charge is 0.481 e. The van der Waals surface area contributed by atoms with E-state index in [0.717, 1.165) is 6.42 Å². The molecule has 4 atom stereocenters. The number of carboxylic acid groups (broad SMARTS) is 1. The smallest absolute Gasteiger partial charge is 0.306 e. The van der Waals surface area contributed by atoms with Crippen molar-refractivity contribution in [3.8, 4) is 0 Å². The third-order valence-electron chi connectivity index (χ3n) is 3.52. The number of carbonyl (C=O) groups is 2. The number of ether oxygens (including phenoxy) is 1. The Morgan fingerprint density at radius 3 is 2.88 bits per heavy atom. The molecule has 0 bridgehead atoms. The van der Waals surface area contributed by atoms with E-state index in [4.69, 9.17) is 9.84 Å². The molecule has 0 aromatic heterocycles. The van der Waals surface area contributed by atoms with E-state index in [0.29, 0.717) is 6.42 Å². The van der Waals surface area contributed by atoms with Gasteiger partial charge in [-0.05, 0) is 12.3 Å². The van der Waals surface area contributed by atoms with Gasteiger partial charge in [-0.25, -0.2) is 0 Å². The van der Waals surface area contributed by atoms with Crippen molar-refractivity contribution in [1.29, 1.82) is 0 Å². The van der Waals surface area contributed by atoms with Crippen LogP contribution < -0.4 is 0 Å². The summed E-state index contributed by atoms with van der Waals surface area (Å²) in [5, 5.41) is 8.85. The monoisotopic (exact) mass is 236 g/mol. The van der Waals surface area contributed by atoms with Crippen LogP contribution in [0, 0.1) is 17.8 Å². The first-order valence-electron chi connectivity index (χ1n) is 5.82. The molecular formula is C13H16O4. The van der Waals surface area contributed by atoms with Crippen LogP contribution in [0.2, 0.25) is 0 Å². The Kier molecular flexibility index (Phi) is 3.31. The second-order valence-electron chi connectivity index (χ2n) is 4.66. The van der Waals surface area contributed by atoms with Gasteiger partial charge in [0, 0.05) is 11.8 Å². The van der Waals surface area contributed by atoms with Crippen molar-refractivity contribution in [2.75, 3.05) is 0 Å². The van der Waals surface area contributed by atoms with Gasteiger partial charge in [0.1, 0.15) is 6.10 Å². The van der Waals surface area contributed by atoms with Crippen LogP contribution in [-0.4, -0.2) is 23.1 Å². The fraction of sp³-hybridized carbons (Fsp3) is 0.538. The summed E-state index contributed by atoms with van der Waals surface area (Å²) in [7, 11) is 0. The molecule has 4 nitrogen and oxygen atoms in total. The first-order valence-corrected chi connectivity index (χ1v) is 5.82. The average molecular weight is 236 g/mol. The van der Waals surface area contributed by atoms with Crippen molar-refractivity contribution in [1.82, 2.24) is 0 Å². The summed E-state index contributed by atoms with van der Waals surface area (Å²) in [6, 6.07) is 0. The maximum atomic E-state index is 11.4. The minimum Gasteiger partial charge on any atom is -0.481 e. The van der Waals surface area contributed by atoms with Gasteiger partial charge in [0.05, 0.1) is 12.8 Å². The number of esters is 1. The maximum absolute atomic E-state index is 11.4. The van der Waals surface area contributed by atoms with E-state index >= 15 is 0 Å². The molecule has 0 radical (unpaired) electrons. The van der Waals surface area contributed by atoms with E-state index in [9.17, 15) is 9.59 Å². The Morgan fingerprint density at radius 2 is 2.24 bits per heavy atom. The van der Waals surface area contributed by atoms with E-state index < -0.39 is 5.97 Å². The summed E-state index contributed by atoms with van der Waals surface area (Å²) < 4.78 is 5.31. The van der Waals surface area contributed by atoms with Crippen LogP contribution in [-0.2, 0) is 14.3 Å². The summed E-state index contributed by atoms with van der Waals surface area (Å²) in [6.07, 6.45) is 6.67. The lowest BCUT2D eigenvalue weighted by molar-refractivity contribution is -0.143. The Balaban J connectivity index is 2.17. The highest BCUT2D eigenvalue weighted by Crippen LogP contribution is 2.41. The third kappa shape index (κ3) is 2.40. The number of carbonyl (C=O) groups excluding carboxylic acids is 1. The van der Waals surface area contributed by atoms with Crippen LogP contribution in [0.15, 0.2) is 24.8 Å². The van der Waals surface area contributed by atoms with Gasteiger partial charge in [-0.1, -0.05) is 18.2 Å². The predicted molar refractivity (Wildman–Crippen MR) is 61.2 cm³/mol. The van der Waals surface area contributed by atoms with Crippen LogP contribution >= 0.6 is 0 Å². The van der Waals surface area contributed by atoms with E-state index in [1.165, 1.54) is 0 Å². The van der Waals surface area contributed by atoms with Crippen LogP contribution in [0.4, 0.5) is 0 Å². The molecule has 1 aliphatic heterocycles. The molecule has 1 N–H and O–H groups in total. The second-order valence-corrected chi connectivity index (χ2v) is 4.66. The number of hydrogen-bond acceptors (Lipinski definition) is 3. The van der Waals surface area contributed by atoms with Gasteiger partial charge in [-0.15, -0.1) is 6.58 Å². The topological polar surface area (TPSA) is 63.6 Å². The molecule has 1 fully saturated rings. The number of rotatable bonds is 4. The van der Waals surface area contributed by atoms with Crippen molar-refractivity contribution in [2.24, 2.45) is 17.8 Å². The van der Waals surface area contributed by atoms with Crippen LogP contribution in [0.5, 0.6) is 0 Å². The molecule has 0 saturated carbocycles. The standard InChI is InChI=1S/C13H16O4/c1-2-3-8-4-5-9(6-11(14)15)10-7-12(16)17-13(8)10/h2,4-5,8-10,13H,1,3,6-7H2,(H,14,15)/t8-,9+,10-,13+/m0/s1. The normalized spacial score (nSPS) is 35.2. The minimum atomic E-state index is -0.833. The fourth-order valence-corrected chi connectivity index (χ4v) is 2.76. The van der Waals surface area contributed by atoms with E-state index in [2.05, 4.69) is 6.58 Å². The highest BCUT2D eigenvalue weighted by Gasteiger charge is 2.44. The highest BCUT2D eigenvalue weighted by atomic mass is 16.6. The molecular weight excluding hydrogens is 220 g/mol. The summed E-state index contributed by atoms with van der Waals surface area (Å²) >= 11 is 0. The van der Waals surface area contributed by atoms with Crippen LogP contribution in [0.1, 0.15) is 19.3 Å². The average Bonchev–Trinajstić information content (AvgIpc) is 2.63. The molecule has 17 heavy (non-hydrogen) atoms. The summed E-state index contributed by atoms with van der Waals surface area (Å²) in [4.78, 5) is 22.1. The number of hydrogen-bond donors (Lipinski definition) is 1. The zero-order valence-corrected chi connectivity index (χ0v) is 9.54. The zero-order valence-electron chi connectivity index (χ0n) is 9.54. The maximum Gasteiger partial charge on any atom is 0.306 e. The first kappa shape index (κ1) is 11.9. The Hall–Kier alpha value is -1.58. The zero-order chi connectivity index (χ0) is 12.4. The van der Waals surface area contributed by atoms with Gasteiger partial charge in [-0.2, -0.15) is 0 Å². The first-order chi connectivity index (χ1) is 8.11. The van der Waals surface area contributed by atoms with Gasteiger partial charge < -0.3 is 9.84 Å². The number of fused-ring (bicyclic) bond motifs is 1. The second kappa shape index (κ2) is 4.73. The quantitative estimate of drug-likeness (QED) is 0.597. The van der Waals surface area contributed by atoms with Crippen molar-refractivity contribution in [2.45, 2.75) is 25.4 Å². The molecule has 4 heteroatoms. The van der Waals surface area contributed by atoms with Crippen molar-refractivity contribution < 1.29 is 19.4 Å². The van der Waals surface area contributed by atoms with Gasteiger partial charge in [-0.3, -0.25) is 9.59 Å². The third-order valence-corrected chi connectivity index (χ3v) is 3.52. The summed E-state index contributed by atoms with van der Waals surface area (Å²) in [5.41, 5.74) is 0. The molecule has 1 heterocycles. The molecule has 1 saturated heterocycles.